The van der Waals surface area contributed by atoms with Crippen molar-refractivity contribution in [3.63, 3.8) is 0 Å². The summed E-state index contributed by atoms with van der Waals surface area (Å²) in [7, 11) is 0.958. The molecular weight excluding hydrogens is 361 g/mol. The summed E-state index contributed by atoms with van der Waals surface area (Å²) < 4.78 is 50.6. The van der Waals surface area contributed by atoms with Gasteiger partial charge in [-0.2, -0.15) is 13.2 Å². The van der Waals surface area contributed by atoms with Gasteiger partial charge in [-0.25, -0.2) is 4.79 Å². The molecule has 1 aliphatic rings. The minimum absolute atomic E-state index is 0.0774. The van der Waals surface area contributed by atoms with Crippen LogP contribution in [0.4, 0.5) is 13.2 Å². The lowest BCUT2D eigenvalue weighted by Crippen LogP contribution is -2.22. The average Bonchev–Trinajstić information content (AvgIpc) is 2.65. The molecule has 0 saturated heterocycles. The van der Waals surface area contributed by atoms with Gasteiger partial charge >= 0.3 is 12.1 Å². The molecular formula is C20H17F3O4. The van der Waals surface area contributed by atoms with E-state index in [1.807, 2.05) is 0 Å². The molecule has 1 heterocycles. The van der Waals surface area contributed by atoms with Crippen molar-refractivity contribution in [2.45, 2.75) is 25.9 Å². The van der Waals surface area contributed by atoms with Crippen molar-refractivity contribution in [2.24, 2.45) is 0 Å². The molecule has 142 valence electrons. The monoisotopic (exact) mass is 378 g/mol. The van der Waals surface area contributed by atoms with Gasteiger partial charge in [0.05, 0.1) is 19.3 Å². The van der Waals surface area contributed by atoms with Crippen LogP contribution in [0.3, 0.4) is 0 Å². The van der Waals surface area contributed by atoms with E-state index in [0.29, 0.717) is 23.5 Å². The molecule has 1 aliphatic heterocycles. The van der Waals surface area contributed by atoms with E-state index in [1.165, 1.54) is 6.07 Å². The second-order valence-electron chi connectivity index (χ2n) is 6.27. The predicted molar refractivity (Wildman–Crippen MR) is 91.8 cm³/mol. The molecule has 4 nitrogen and oxygen atoms in total. The summed E-state index contributed by atoms with van der Waals surface area (Å²) in [6.07, 6.45) is -3.27. The summed E-state index contributed by atoms with van der Waals surface area (Å²) in [5.74, 6) is -1.98. The van der Waals surface area contributed by atoms with Crippen LogP contribution in [0.15, 0.2) is 30.3 Å². The Morgan fingerprint density at radius 2 is 1.89 bits per heavy atom. The Bertz CT molecular complexity index is 916. The molecule has 0 amide bonds. The summed E-state index contributed by atoms with van der Waals surface area (Å²) >= 11 is 0. The highest BCUT2D eigenvalue weighted by atomic mass is 19.4. The third-order valence-corrected chi connectivity index (χ3v) is 4.51. The number of rotatable bonds is 3. The Balaban J connectivity index is 2.28. The molecule has 0 unspecified atom stereocenters. The fourth-order valence-corrected chi connectivity index (χ4v) is 3.26. The number of benzene rings is 2. The number of carbonyl (C=O) groups excluding carboxylic acids is 2. The van der Waals surface area contributed by atoms with E-state index in [2.05, 4.69) is 4.74 Å². The molecule has 0 atom stereocenters. The van der Waals surface area contributed by atoms with Crippen LogP contribution >= 0.6 is 0 Å². The van der Waals surface area contributed by atoms with E-state index in [0.717, 1.165) is 31.6 Å². The number of Topliss-reactive ketones (excluding diaryl/α,β-unsaturated/α-hetero) is 1. The van der Waals surface area contributed by atoms with Crippen molar-refractivity contribution in [3.8, 4) is 16.9 Å². The van der Waals surface area contributed by atoms with E-state index < -0.39 is 29.1 Å². The van der Waals surface area contributed by atoms with Crippen LogP contribution in [-0.4, -0.2) is 25.5 Å². The zero-order chi connectivity index (χ0) is 19.8. The van der Waals surface area contributed by atoms with Gasteiger partial charge < -0.3 is 9.47 Å². The fraction of sp³-hybridized carbons (Fsp3) is 0.300. The topological polar surface area (TPSA) is 52.6 Å². The molecule has 3 rings (SSSR count). The molecule has 2 aromatic rings. The van der Waals surface area contributed by atoms with Crippen LogP contribution in [0.25, 0.3) is 11.1 Å². The van der Waals surface area contributed by atoms with Gasteiger partial charge in [0.2, 0.25) is 0 Å². The molecule has 0 fully saturated rings. The maximum atomic E-state index is 13.6. The first-order valence-electron chi connectivity index (χ1n) is 8.33. The van der Waals surface area contributed by atoms with E-state index in [4.69, 9.17) is 4.74 Å². The number of methoxy groups -OCH3 is 1. The van der Waals surface area contributed by atoms with E-state index >= 15 is 0 Å². The van der Waals surface area contributed by atoms with Crippen LogP contribution in [0, 0.1) is 6.92 Å². The summed E-state index contributed by atoms with van der Waals surface area (Å²) in [5, 5.41) is 0. The van der Waals surface area contributed by atoms with Gasteiger partial charge in [-0.15, -0.1) is 0 Å². The summed E-state index contributed by atoms with van der Waals surface area (Å²) in [4.78, 5) is 24.2. The van der Waals surface area contributed by atoms with Gasteiger partial charge in [0.1, 0.15) is 5.75 Å². The first-order valence-corrected chi connectivity index (χ1v) is 8.33. The van der Waals surface area contributed by atoms with Gasteiger partial charge in [0, 0.05) is 5.56 Å². The minimum atomic E-state index is -4.79. The number of halogens is 3. The molecule has 27 heavy (non-hydrogen) atoms. The number of esters is 1. The Morgan fingerprint density at radius 1 is 1.15 bits per heavy atom. The average molecular weight is 378 g/mol. The molecule has 0 aromatic heterocycles. The van der Waals surface area contributed by atoms with Crippen LogP contribution in [0.2, 0.25) is 0 Å². The van der Waals surface area contributed by atoms with E-state index in [9.17, 15) is 22.8 Å². The number of ketones is 1. The molecule has 0 radical (unpaired) electrons. The van der Waals surface area contributed by atoms with Crippen molar-refractivity contribution < 1.29 is 32.2 Å². The highest BCUT2D eigenvalue weighted by Crippen LogP contribution is 2.40. The maximum absolute atomic E-state index is 13.6. The van der Waals surface area contributed by atoms with Crippen molar-refractivity contribution in [1.82, 2.24) is 0 Å². The number of fused-ring (bicyclic) bond motifs is 1. The number of hydrogen-bond acceptors (Lipinski definition) is 4. The van der Waals surface area contributed by atoms with Gasteiger partial charge in [-0.3, -0.25) is 4.79 Å². The lowest BCUT2D eigenvalue weighted by molar-refractivity contribution is -0.138. The van der Waals surface area contributed by atoms with E-state index in [1.54, 1.807) is 25.1 Å². The number of carbonyl (C=O) groups is 2. The summed E-state index contributed by atoms with van der Waals surface area (Å²) in [5.41, 5.74) is -0.0406. The zero-order valence-corrected chi connectivity index (χ0v) is 14.8. The number of hydrogen-bond donors (Lipinski definition) is 0. The first-order chi connectivity index (χ1) is 12.7. The Labute approximate surface area is 153 Å². The first kappa shape index (κ1) is 18.9. The molecule has 2 aromatic carbocycles. The Kier molecular flexibility index (Phi) is 4.95. The van der Waals surface area contributed by atoms with Gasteiger partial charge in [0.15, 0.2) is 0 Å². The standard InChI is InChI=1S/C20H17F3O4/c1-11-5-7-14(20(21,22)23)17(18(24)19(25)26-2)16(11)13-6-8-15-12(10-13)4-3-9-27-15/h5-8,10H,3-4,9H2,1-2H3. The zero-order valence-electron chi connectivity index (χ0n) is 14.8. The van der Waals surface area contributed by atoms with Gasteiger partial charge in [0.25, 0.3) is 5.78 Å². The molecule has 0 spiro atoms. The van der Waals surface area contributed by atoms with E-state index in [-0.39, 0.29) is 5.56 Å². The molecule has 7 heteroatoms. The number of alkyl halides is 3. The molecule has 0 N–H and O–H groups in total. The quantitative estimate of drug-likeness (QED) is 0.452. The van der Waals surface area contributed by atoms with Crippen molar-refractivity contribution in [2.75, 3.05) is 13.7 Å². The van der Waals surface area contributed by atoms with Crippen LogP contribution in [-0.2, 0) is 22.1 Å². The van der Waals surface area contributed by atoms with Crippen LogP contribution < -0.4 is 4.74 Å². The minimum Gasteiger partial charge on any atom is -0.493 e. The maximum Gasteiger partial charge on any atom is 0.417 e. The van der Waals surface area contributed by atoms with Crippen molar-refractivity contribution in [1.29, 1.82) is 0 Å². The smallest absolute Gasteiger partial charge is 0.417 e. The summed E-state index contributed by atoms with van der Waals surface area (Å²) in [6, 6.07) is 7.10. The molecule has 0 aliphatic carbocycles. The molecule has 0 bridgehead atoms. The SMILES string of the molecule is COC(=O)C(=O)c1c(C(F)(F)F)ccc(C)c1-c1ccc2c(c1)CCCO2. The van der Waals surface area contributed by atoms with Crippen molar-refractivity contribution in [3.05, 3.63) is 52.6 Å². The second kappa shape index (κ2) is 7.06. The third kappa shape index (κ3) is 3.54. The lowest BCUT2D eigenvalue weighted by Gasteiger charge is -2.21. The Hall–Kier alpha value is -2.83. The third-order valence-electron chi connectivity index (χ3n) is 4.51. The second-order valence-corrected chi connectivity index (χ2v) is 6.27. The van der Waals surface area contributed by atoms with Crippen LogP contribution in [0.5, 0.6) is 5.75 Å². The van der Waals surface area contributed by atoms with Crippen molar-refractivity contribution >= 4 is 11.8 Å². The van der Waals surface area contributed by atoms with Gasteiger partial charge in [-0.05, 0) is 60.2 Å². The molecule has 0 saturated carbocycles. The summed E-state index contributed by atoms with van der Waals surface area (Å²) in [6.45, 7) is 2.18. The number of ether oxygens (including phenoxy) is 2. The highest BCUT2D eigenvalue weighted by molar-refractivity contribution is 6.42. The van der Waals surface area contributed by atoms with Gasteiger partial charge in [-0.1, -0.05) is 12.1 Å². The normalized spacial score (nSPS) is 13.5. The number of aryl methyl sites for hydroxylation is 2. The fourth-order valence-electron chi connectivity index (χ4n) is 3.26. The largest absolute Gasteiger partial charge is 0.493 e. The van der Waals surface area contributed by atoms with Crippen LogP contribution in [0.1, 0.15) is 33.5 Å². The predicted octanol–water partition coefficient (Wildman–Crippen LogP) is 4.36. The Morgan fingerprint density at radius 3 is 2.56 bits per heavy atom. The lowest BCUT2D eigenvalue weighted by atomic mass is 9.87. The highest BCUT2D eigenvalue weighted by Gasteiger charge is 2.39.